The van der Waals surface area contributed by atoms with Crippen LogP contribution in [-0.2, 0) is 17.5 Å². The number of amides is 1. The molecule has 0 bridgehead atoms. The Labute approximate surface area is 177 Å². The average molecular weight is 518 g/mol. The van der Waals surface area contributed by atoms with Crippen molar-refractivity contribution in [2.75, 3.05) is 39.8 Å². The summed E-state index contributed by atoms with van der Waals surface area (Å²) in [6.45, 7) is 3.64. The smallest absolute Gasteiger partial charge is 0.416 e. The first-order valence-electron chi connectivity index (χ1n) is 8.49. The molecule has 1 aliphatic heterocycles. The van der Waals surface area contributed by atoms with Gasteiger partial charge in [-0.1, -0.05) is 6.07 Å². The Morgan fingerprint density at radius 3 is 2.36 bits per heavy atom. The zero-order chi connectivity index (χ0) is 20.0. The van der Waals surface area contributed by atoms with Crippen molar-refractivity contribution in [3.63, 3.8) is 0 Å². The van der Waals surface area contributed by atoms with Crippen LogP contribution in [0.3, 0.4) is 0 Å². The molecule has 6 nitrogen and oxygen atoms in total. The van der Waals surface area contributed by atoms with E-state index in [-0.39, 0.29) is 42.2 Å². The lowest BCUT2D eigenvalue weighted by Crippen LogP contribution is -2.53. The number of ether oxygens (including phenoxy) is 1. The monoisotopic (exact) mass is 518 g/mol. The van der Waals surface area contributed by atoms with Crippen LogP contribution in [0.5, 0.6) is 0 Å². The first-order valence-corrected chi connectivity index (χ1v) is 8.49. The topological polar surface area (TPSA) is 57.2 Å². The quantitative estimate of drug-likeness (QED) is 0.289. The van der Waals surface area contributed by atoms with Crippen LogP contribution >= 0.6 is 24.0 Å². The lowest BCUT2D eigenvalue weighted by atomic mass is 10.1. The van der Waals surface area contributed by atoms with E-state index in [1.807, 2.05) is 4.90 Å². The van der Waals surface area contributed by atoms with Crippen LogP contribution in [0.15, 0.2) is 23.2 Å². The van der Waals surface area contributed by atoms with E-state index in [1.54, 1.807) is 11.8 Å². The van der Waals surface area contributed by atoms with Crippen molar-refractivity contribution >= 4 is 36.0 Å². The lowest BCUT2D eigenvalue weighted by Gasteiger charge is -2.36. The summed E-state index contributed by atoms with van der Waals surface area (Å²) >= 11 is 0. The largest absolute Gasteiger partial charge is 0.450 e. The predicted molar refractivity (Wildman–Crippen MR) is 107 cm³/mol. The van der Waals surface area contributed by atoms with Crippen molar-refractivity contribution in [2.24, 2.45) is 4.99 Å². The fourth-order valence-electron chi connectivity index (χ4n) is 2.79. The normalized spacial score (nSPS) is 15.1. The Bertz CT molecular complexity index is 692. The number of hydrogen-bond donors (Lipinski definition) is 1. The second kappa shape index (κ2) is 10.7. The van der Waals surface area contributed by atoms with Gasteiger partial charge in [0, 0.05) is 39.8 Å². The molecule has 158 valence electrons. The van der Waals surface area contributed by atoms with Crippen LogP contribution in [0.1, 0.15) is 18.1 Å². The molecule has 0 unspecified atom stereocenters. The summed E-state index contributed by atoms with van der Waals surface area (Å²) in [5, 5.41) is 2.88. The van der Waals surface area contributed by atoms with Crippen molar-refractivity contribution in [1.29, 1.82) is 0 Å². The maximum atomic E-state index is 13.2. The van der Waals surface area contributed by atoms with Gasteiger partial charge in [0.05, 0.1) is 12.2 Å². The average Bonchev–Trinajstić information content (AvgIpc) is 2.63. The lowest BCUT2D eigenvalue weighted by molar-refractivity contribution is -0.138. The highest BCUT2D eigenvalue weighted by Crippen LogP contribution is 2.32. The van der Waals surface area contributed by atoms with E-state index in [2.05, 4.69) is 10.3 Å². The molecule has 0 atom stereocenters. The number of alkyl halides is 3. The summed E-state index contributed by atoms with van der Waals surface area (Å²) in [7, 11) is 1.52. The number of carbonyl (C=O) groups excluding carboxylic acids is 1. The maximum Gasteiger partial charge on any atom is 0.416 e. The molecule has 1 aromatic rings. The highest BCUT2D eigenvalue weighted by molar-refractivity contribution is 14.0. The van der Waals surface area contributed by atoms with Gasteiger partial charge in [-0.15, -0.1) is 24.0 Å². The van der Waals surface area contributed by atoms with Crippen LogP contribution in [-0.4, -0.2) is 61.7 Å². The molecule has 1 fully saturated rings. The van der Waals surface area contributed by atoms with Crippen LogP contribution < -0.4 is 5.32 Å². The third kappa shape index (κ3) is 6.38. The van der Waals surface area contributed by atoms with Gasteiger partial charge in [-0.2, -0.15) is 13.2 Å². The molecule has 1 N–H and O–H groups in total. The maximum absolute atomic E-state index is 13.2. The van der Waals surface area contributed by atoms with Gasteiger partial charge in [-0.3, -0.25) is 4.99 Å². The Kier molecular flexibility index (Phi) is 9.24. The van der Waals surface area contributed by atoms with E-state index in [4.69, 9.17) is 4.74 Å². The number of carbonyl (C=O) groups is 1. The van der Waals surface area contributed by atoms with Crippen LogP contribution in [0.4, 0.5) is 22.4 Å². The number of benzene rings is 1. The molecule has 0 aliphatic carbocycles. The molecule has 1 aliphatic rings. The second-order valence-corrected chi connectivity index (χ2v) is 5.87. The zero-order valence-electron chi connectivity index (χ0n) is 15.6. The summed E-state index contributed by atoms with van der Waals surface area (Å²) < 4.78 is 57.4. The van der Waals surface area contributed by atoms with Gasteiger partial charge in [-0.05, 0) is 24.6 Å². The standard InChI is InChI=1S/C17H22F4N4O2.HI/c1-3-27-16(26)25-8-6-24(7-9-25)15(22-2)23-11-12-4-5-13(18)10-14(12)17(19,20)21;/h4-5,10H,3,6-9,11H2,1-2H3,(H,22,23);1H. The number of nitrogens with one attached hydrogen (secondary N) is 1. The minimum absolute atomic E-state index is 0. The van der Waals surface area contributed by atoms with Gasteiger partial charge < -0.3 is 19.9 Å². The number of guanidine groups is 1. The number of hydrogen-bond acceptors (Lipinski definition) is 3. The van der Waals surface area contributed by atoms with E-state index >= 15 is 0 Å². The molecule has 1 amide bonds. The molecule has 1 saturated heterocycles. The van der Waals surface area contributed by atoms with Gasteiger partial charge in [-0.25, -0.2) is 9.18 Å². The van der Waals surface area contributed by atoms with Crippen molar-refractivity contribution in [1.82, 2.24) is 15.1 Å². The molecule has 11 heteroatoms. The van der Waals surface area contributed by atoms with Gasteiger partial charge in [0.25, 0.3) is 0 Å². The fourth-order valence-corrected chi connectivity index (χ4v) is 2.79. The Hall–Kier alpha value is -1.79. The van der Waals surface area contributed by atoms with Gasteiger partial charge >= 0.3 is 12.3 Å². The predicted octanol–water partition coefficient (Wildman–Crippen LogP) is 3.31. The number of aliphatic imine (C=N–C) groups is 1. The highest BCUT2D eigenvalue weighted by atomic mass is 127. The number of rotatable bonds is 3. The van der Waals surface area contributed by atoms with Crippen molar-refractivity contribution in [2.45, 2.75) is 19.6 Å². The SMILES string of the molecule is CCOC(=O)N1CCN(C(=NC)NCc2ccc(F)cc2C(F)(F)F)CC1.I. The van der Waals surface area contributed by atoms with Crippen LogP contribution in [0.2, 0.25) is 0 Å². The summed E-state index contributed by atoms with van der Waals surface area (Å²) in [6, 6.07) is 2.59. The van der Waals surface area contributed by atoms with E-state index in [1.165, 1.54) is 7.05 Å². The molecule has 0 aromatic heterocycles. The van der Waals surface area contributed by atoms with Crippen LogP contribution in [0.25, 0.3) is 0 Å². The molecule has 28 heavy (non-hydrogen) atoms. The summed E-state index contributed by atoms with van der Waals surface area (Å²) in [4.78, 5) is 19.2. The fraction of sp³-hybridized carbons (Fsp3) is 0.529. The minimum Gasteiger partial charge on any atom is -0.450 e. The van der Waals surface area contributed by atoms with E-state index in [9.17, 15) is 22.4 Å². The summed E-state index contributed by atoms with van der Waals surface area (Å²) in [6.07, 6.45) is -5.03. The first kappa shape index (κ1) is 24.2. The third-order valence-corrected chi connectivity index (χ3v) is 4.13. The molecule has 1 heterocycles. The first-order chi connectivity index (χ1) is 12.8. The van der Waals surface area contributed by atoms with Crippen molar-refractivity contribution in [3.8, 4) is 0 Å². The van der Waals surface area contributed by atoms with Crippen molar-refractivity contribution < 1.29 is 27.1 Å². The molecule has 0 spiro atoms. The molecule has 0 saturated carbocycles. The van der Waals surface area contributed by atoms with E-state index in [0.717, 1.165) is 12.1 Å². The third-order valence-electron chi connectivity index (χ3n) is 4.13. The van der Waals surface area contributed by atoms with E-state index in [0.29, 0.717) is 44.8 Å². The number of piperazine rings is 1. The Balaban J connectivity index is 0.00000392. The molecule has 1 aromatic carbocycles. The molecule has 2 rings (SSSR count). The second-order valence-electron chi connectivity index (χ2n) is 5.87. The molecular weight excluding hydrogens is 495 g/mol. The van der Waals surface area contributed by atoms with Crippen molar-refractivity contribution in [3.05, 3.63) is 35.1 Å². The Morgan fingerprint density at radius 1 is 1.21 bits per heavy atom. The minimum atomic E-state index is -4.64. The zero-order valence-corrected chi connectivity index (χ0v) is 17.9. The van der Waals surface area contributed by atoms with Gasteiger partial charge in [0.2, 0.25) is 0 Å². The summed E-state index contributed by atoms with van der Waals surface area (Å²) in [5.74, 6) is -0.526. The summed E-state index contributed by atoms with van der Waals surface area (Å²) in [5.41, 5.74) is -1.09. The van der Waals surface area contributed by atoms with Crippen LogP contribution in [0, 0.1) is 5.82 Å². The van der Waals surface area contributed by atoms with E-state index < -0.39 is 17.6 Å². The molecular formula is C17H23F4IN4O2. The Morgan fingerprint density at radius 2 is 1.82 bits per heavy atom. The number of nitrogens with zero attached hydrogens (tertiary/aromatic N) is 3. The molecule has 0 radical (unpaired) electrons. The number of halogens is 5. The van der Waals surface area contributed by atoms with Gasteiger partial charge in [0.15, 0.2) is 5.96 Å². The highest BCUT2D eigenvalue weighted by Gasteiger charge is 2.34. The van der Waals surface area contributed by atoms with Gasteiger partial charge in [0.1, 0.15) is 5.82 Å².